The normalized spacial score (nSPS) is 11.3. The number of benzene rings is 1. The van der Waals surface area contributed by atoms with Crippen molar-refractivity contribution in [2.45, 2.75) is 6.18 Å². The first-order valence-electron chi connectivity index (χ1n) is 5.44. The molecule has 0 unspecified atom stereocenters. The lowest BCUT2D eigenvalue weighted by Crippen LogP contribution is -2.16. The molecule has 112 valence electrons. The van der Waals surface area contributed by atoms with Gasteiger partial charge in [0.15, 0.2) is 0 Å². The summed E-state index contributed by atoms with van der Waals surface area (Å²) in [5.41, 5.74) is 2.53. The Morgan fingerprint density at radius 2 is 1.81 bits per heavy atom. The van der Waals surface area contributed by atoms with E-state index in [4.69, 9.17) is 17.4 Å². The number of anilines is 3. The molecule has 0 aliphatic rings. The van der Waals surface area contributed by atoms with Crippen molar-refractivity contribution in [3.8, 4) is 0 Å². The molecule has 2 aromatic rings. The lowest BCUT2D eigenvalue weighted by Gasteiger charge is -2.11. The van der Waals surface area contributed by atoms with Gasteiger partial charge in [0.05, 0.1) is 5.02 Å². The predicted molar refractivity (Wildman–Crippen MR) is 77.3 cm³/mol. The van der Waals surface area contributed by atoms with Crippen LogP contribution in [0.5, 0.6) is 0 Å². The van der Waals surface area contributed by atoms with Gasteiger partial charge >= 0.3 is 6.18 Å². The molecule has 5 nitrogen and oxygen atoms in total. The summed E-state index contributed by atoms with van der Waals surface area (Å²) < 4.78 is 38.7. The minimum Gasteiger partial charge on any atom is -0.340 e. The fourth-order valence-corrected chi connectivity index (χ4v) is 1.86. The van der Waals surface area contributed by atoms with Crippen molar-refractivity contribution in [3.63, 3.8) is 0 Å². The highest BCUT2D eigenvalue weighted by Crippen LogP contribution is 2.30. The van der Waals surface area contributed by atoms with Crippen LogP contribution in [0.4, 0.5) is 30.5 Å². The summed E-state index contributed by atoms with van der Waals surface area (Å²) in [6, 6.07) is 6.06. The van der Waals surface area contributed by atoms with E-state index >= 15 is 0 Å². The second-order valence-corrected chi connectivity index (χ2v) is 5.12. The Morgan fingerprint density at radius 3 is 2.38 bits per heavy atom. The van der Waals surface area contributed by atoms with E-state index in [2.05, 4.69) is 36.6 Å². The van der Waals surface area contributed by atoms with Crippen LogP contribution in [0, 0.1) is 0 Å². The van der Waals surface area contributed by atoms with Crippen LogP contribution in [-0.2, 0) is 6.18 Å². The molecule has 2 rings (SSSR count). The number of nitrogen functional groups attached to an aromatic ring is 1. The summed E-state index contributed by atoms with van der Waals surface area (Å²) in [5, 5.41) is 3.11. The van der Waals surface area contributed by atoms with Crippen LogP contribution in [-0.4, -0.2) is 9.97 Å². The van der Waals surface area contributed by atoms with E-state index < -0.39 is 12.0 Å². The maximum atomic E-state index is 12.7. The molecule has 0 fully saturated rings. The zero-order chi connectivity index (χ0) is 15.6. The summed E-state index contributed by atoms with van der Waals surface area (Å²) in [7, 11) is 0. The molecular weight excluding hydrogens is 375 g/mol. The molecule has 10 heteroatoms. The largest absolute Gasteiger partial charge is 0.451 e. The molecule has 0 spiro atoms. The molecule has 0 amide bonds. The van der Waals surface area contributed by atoms with Crippen LogP contribution in [0.1, 0.15) is 5.82 Å². The molecule has 0 saturated carbocycles. The third-order valence-corrected chi connectivity index (χ3v) is 3.55. The summed E-state index contributed by atoms with van der Waals surface area (Å²) >= 11 is 9.13. The van der Waals surface area contributed by atoms with Crippen molar-refractivity contribution < 1.29 is 13.2 Å². The molecule has 0 atom stereocenters. The topological polar surface area (TPSA) is 75.9 Å². The number of nitrogens with two attached hydrogens (primary N) is 1. The van der Waals surface area contributed by atoms with Crippen molar-refractivity contribution in [2.75, 3.05) is 10.7 Å². The van der Waals surface area contributed by atoms with Gasteiger partial charge in [0.2, 0.25) is 5.82 Å². The molecule has 1 aromatic carbocycles. The lowest BCUT2D eigenvalue weighted by molar-refractivity contribution is -0.144. The monoisotopic (exact) mass is 381 g/mol. The zero-order valence-corrected chi connectivity index (χ0v) is 12.5. The van der Waals surface area contributed by atoms with E-state index in [0.29, 0.717) is 15.2 Å². The van der Waals surface area contributed by atoms with Gasteiger partial charge in [0, 0.05) is 16.2 Å². The van der Waals surface area contributed by atoms with Crippen LogP contribution in [0.25, 0.3) is 0 Å². The SMILES string of the molecule is NNc1cc(Nc2ccc(Br)c(Cl)c2)nc(C(F)(F)F)n1. The Labute approximate surface area is 130 Å². The first-order valence-corrected chi connectivity index (χ1v) is 6.61. The molecule has 0 radical (unpaired) electrons. The highest BCUT2D eigenvalue weighted by atomic mass is 79.9. The van der Waals surface area contributed by atoms with Crippen molar-refractivity contribution in [1.29, 1.82) is 0 Å². The maximum Gasteiger partial charge on any atom is 0.451 e. The minimum absolute atomic E-state index is 0.0661. The van der Waals surface area contributed by atoms with Crippen LogP contribution in [0.15, 0.2) is 28.7 Å². The van der Waals surface area contributed by atoms with Crippen molar-refractivity contribution in [2.24, 2.45) is 5.84 Å². The fraction of sp³-hybridized carbons (Fsp3) is 0.0909. The van der Waals surface area contributed by atoms with Gasteiger partial charge in [0.1, 0.15) is 11.6 Å². The smallest absolute Gasteiger partial charge is 0.340 e. The van der Waals surface area contributed by atoms with Crippen molar-refractivity contribution in [3.05, 3.63) is 39.6 Å². The Hall–Kier alpha value is -1.58. The maximum absolute atomic E-state index is 12.7. The summed E-state index contributed by atoms with van der Waals surface area (Å²) in [4.78, 5) is 6.65. The lowest BCUT2D eigenvalue weighted by atomic mass is 10.3. The highest BCUT2D eigenvalue weighted by Gasteiger charge is 2.35. The Morgan fingerprint density at radius 1 is 1.14 bits per heavy atom. The van der Waals surface area contributed by atoms with Crippen LogP contribution in [0.2, 0.25) is 5.02 Å². The molecule has 0 bridgehead atoms. The number of aromatic nitrogens is 2. The summed E-state index contributed by atoms with van der Waals surface area (Å²) in [6.07, 6.45) is -4.68. The summed E-state index contributed by atoms with van der Waals surface area (Å²) in [5.74, 6) is 3.57. The van der Waals surface area contributed by atoms with E-state index in [9.17, 15) is 13.2 Å². The van der Waals surface area contributed by atoms with Gasteiger partial charge in [-0.3, -0.25) is 0 Å². The van der Waals surface area contributed by atoms with Crippen molar-refractivity contribution in [1.82, 2.24) is 9.97 Å². The van der Waals surface area contributed by atoms with E-state index in [1.165, 1.54) is 12.1 Å². The third kappa shape index (κ3) is 3.96. The van der Waals surface area contributed by atoms with Gasteiger partial charge in [-0.15, -0.1) is 0 Å². The second kappa shape index (κ2) is 6.04. The Bertz CT molecular complexity index is 665. The fourth-order valence-electron chi connectivity index (χ4n) is 1.43. The Kier molecular flexibility index (Phi) is 4.55. The van der Waals surface area contributed by atoms with Gasteiger partial charge in [-0.05, 0) is 34.1 Å². The number of hydrogen-bond acceptors (Lipinski definition) is 5. The number of nitrogens with zero attached hydrogens (tertiary/aromatic N) is 2. The van der Waals surface area contributed by atoms with Gasteiger partial charge in [-0.1, -0.05) is 11.6 Å². The number of hydrazine groups is 1. The average Bonchev–Trinajstić information content (AvgIpc) is 2.41. The zero-order valence-electron chi connectivity index (χ0n) is 10.2. The summed E-state index contributed by atoms with van der Waals surface area (Å²) in [6.45, 7) is 0. The molecular formula is C11H8BrClF3N5. The second-order valence-electron chi connectivity index (χ2n) is 3.86. The standard InChI is InChI=1S/C11H8BrClF3N5/c12-6-2-1-5(3-7(6)13)18-8-4-9(21-17)20-10(19-8)11(14,15)16/h1-4H,17H2,(H2,18,19,20,21). The molecule has 4 N–H and O–H groups in total. The quantitative estimate of drug-likeness (QED) is 0.554. The van der Waals surface area contributed by atoms with E-state index in [1.54, 1.807) is 12.1 Å². The first kappa shape index (κ1) is 15.8. The molecule has 21 heavy (non-hydrogen) atoms. The van der Waals surface area contributed by atoms with Crippen LogP contribution < -0.4 is 16.6 Å². The molecule has 1 aromatic heterocycles. The molecule has 0 aliphatic heterocycles. The number of hydrogen-bond donors (Lipinski definition) is 3. The van der Waals surface area contributed by atoms with Gasteiger partial charge < -0.3 is 10.7 Å². The molecule has 0 aliphatic carbocycles. The Balaban J connectivity index is 2.36. The van der Waals surface area contributed by atoms with Gasteiger partial charge in [-0.25, -0.2) is 15.8 Å². The van der Waals surface area contributed by atoms with Gasteiger partial charge in [0.25, 0.3) is 0 Å². The molecule has 0 saturated heterocycles. The van der Waals surface area contributed by atoms with Crippen LogP contribution >= 0.6 is 27.5 Å². The number of alkyl halides is 3. The number of halogens is 5. The average molecular weight is 383 g/mol. The van der Waals surface area contributed by atoms with E-state index in [1.807, 2.05) is 0 Å². The number of rotatable bonds is 3. The molecule has 1 heterocycles. The minimum atomic E-state index is -4.68. The van der Waals surface area contributed by atoms with Crippen LogP contribution in [0.3, 0.4) is 0 Å². The predicted octanol–water partition coefficient (Wildman–Crippen LogP) is 3.94. The van der Waals surface area contributed by atoms with E-state index in [0.717, 1.165) is 0 Å². The first-order chi connectivity index (χ1) is 9.79. The number of nitrogens with one attached hydrogen (secondary N) is 2. The third-order valence-electron chi connectivity index (χ3n) is 2.32. The highest BCUT2D eigenvalue weighted by molar-refractivity contribution is 9.10. The van der Waals surface area contributed by atoms with Gasteiger partial charge in [-0.2, -0.15) is 13.2 Å². The van der Waals surface area contributed by atoms with E-state index in [-0.39, 0.29) is 11.6 Å². The van der Waals surface area contributed by atoms with Crippen molar-refractivity contribution >= 4 is 44.9 Å².